The molecule has 0 aromatic carbocycles. The Balaban J connectivity index is 2.09. The van der Waals surface area contributed by atoms with Crippen molar-refractivity contribution in [3.8, 4) is 0 Å². The van der Waals surface area contributed by atoms with Gasteiger partial charge >= 0.3 is 0 Å². The van der Waals surface area contributed by atoms with E-state index in [1.165, 1.54) is 0 Å². The molecule has 1 heterocycles. The van der Waals surface area contributed by atoms with Crippen LogP contribution in [0.3, 0.4) is 0 Å². The van der Waals surface area contributed by atoms with Gasteiger partial charge in [-0.2, -0.15) is 0 Å². The largest absolute Gasteiger partial charge is 0.394 e. The molecule has 0 spiro atoms. The summed E-state index contributed by atoms with van der Waals surface area (Å²) in [4.78, 5) is 2.58. The Morgan fingerprint density at radius 3 is 2.26 bits per heavy atom. The first-order valence-electron chi connectivity index (χ1n) is 7.20. The minimum Gasteiger partial charge on any atom is -0.394 e. The number of aliphatic hydroxyl groups is 4. The molecular formula is C12H23N3O8. The maximum Gasteiger partial charge on any atom is 0.186 e. The molecule has 1 aliphatic heterocycles. The summed E-state index contributed by atoms with van der Waals surface area (Å²) in [6.07, 6.45) is -6.44. The van der Waals surface area contributed by atoms with Gasteiger partial charge in [0.05, 0.1) is 39.6 Å². The monoisotopic (exact) mass is 337 g/mol. The molecule has 0 aromatic heterocycles. The highest BCUT2D eigenvalue weighted by Gasteiger charge is 2.43. The quantitative estimate of drug-likeness (QED) is 0.147. The molecule has 0 saturated carbocycles. The lowest BCUT2D eigenvalue weighted by atomic mass is 9.99. The van der Waals surface area contributed by atoms with E-state index in [1.54, 1.807) is 0 Å². The zero-order valence-corrected chi connectivity index (χ0v) is 12.6. The fourth-order valence-corrected chi connectivity index (χ4v) is 1.90. The summed E-state index contributed by atoms with van der Waals surface area (Å²) in [7, 11) is 0. The summed E-state index contributed by atoms with van der Waals surface area (Å²) in [5.74, 6) is 0. The molecule has 11 nitrogen and oxygen atoms in total. The SMILES string of the molecule is [N-]=[N+]=NCCOCCOCCO[C@@H]1O[C@@H](CO)[C@H](O)[C@H](O)[C@H]1O. The van der Waals surface area contributed by atoms with Crippen LogP contribution in [0.1, 0.15) is 0 Å². The van der Waals surface area contributed by atoms with Gasteiger partial charge in [-0.1, -0.05) is 5.11 Å². The average molecular weight is 337 g/mol. The highest BCUT2D eigenvalue weighted by atomic mass is 16.7. The van der Waals surface area contributed by atoms with Crippen molar-refractivity contribution in [2.75, 3.05) is 46.2 Å². The maximum absolute atomic E-state index is 9.73. The molecule has 134 valence electrons. The molecule has 1 fully saturated rings. The van der Waals surface area contributed by atoms with Crippen molar-refractivity contribution in [3.05, 3.63) is 10.4 Å². The lowest BCUT2D eigenvalue weighted by Crippen LogP contribution is -2.59. The third-order valence-electron chi connectivity index (χ3n) is 3.13. The maximum atomic E-state index is 9.73. The Labute approximate surface area is 133 Å². The average Bonchev–Trinajstić information content (AvgIpc) is 2.56. The molecule has 0 radical (unpaired) electrons. The highest BCUT2D eigenvalue weighted by Crippen LogP contribution is 2.21. The topological polar surface area (TPSA) is 167 Å². The first-order valence-corrected chi connectivity index (χ1v) is 7.20. The predicted molar refractivity (Wildman–Crippen MR) is 75.4 cm³/mol. The number of hydrogen-bond acceptors (Lipinski definition) is 9. The summed E-state index contributed by atoms with van der Waals surface area (Å²) in [6, 6.07) is 0. The van der Waals surface area contributed by atoms with Crippen molar-refractivity contribution >= 4 is 0 Å². The van der Waals surface area contributed by atoms with Gasteiger partial charge in [0.2, 0.25) is 0 Å². The second-order valence-corrected chi connectivity index (χ2v) is 4.75. The smallest absolute Gasteiger partial charge is 0.186 e. The molecular weight excluding hydrogens is 314 g/mol. The lowest BCUT2D eigenvalue weighted by molar-refractivity contribution is -0.302. The van der Waals surface area contributed by atoms with Crippen molar-refractivity contribution in [1.82, 2.24) is 0 Å². The molecule has 5 atom stereocenters. The first kappa shape index (κ1) is 20.0. The number of ether oxygens (including phenoxy) is 4. The van der Waals surface area contributed by atoms with Crippen LogP contribution in [0.15, 0.2) is 5.11 Å². The van der Waals surface area contributed by atoms with E-state index in [9.17, 15) is 15.3 Å². The minimum atomic E-state index is -1.46. The van der Waals surface area contributed by atoms with Crippen LogP contribution in [0.2, 0.25) is 0 Å². The van der Waals surface area contributed by atoms with E-state index in [0.29, 0.717) is 19.8 Å². The van der Waals surface area contributed by atoms with E-state index in [0.717, 1.165) is 0 Å². The van der Waals surface area contributed by atoms with E-state index < -0.39 is 37.3 Å². The zero-order valence-electron chi connectivity index (χ0n) is 12.6. The summed E-state index contributed by atoms with van der Waals surface area (Å²) in [5.41, 5.74) is 8.05. The van der Waals surface area contributed by atoms with E-state index in [-0.39, 0.29) is 19.8 Å². The Hall–Kier alpha value is -1.01. The van der Waals surface area contributed by atoms with Gasteiger partial charge in [0.25, 0.3) is 0 Å². The van der Waals surface area contributed by atoms with Gasteiger partial charge in [-0.3, -0.25) is 0 Å². The number of rotatable bonds is 11. The predicted octanol–water partition coefficient (Wildman–Crippen LogP) is -1.85. The molecule has 4 N–H and O–H groups in total. The van der Waals surface area contributed by atoms with E-state index in [2.05, 4.69) is 10.0 Å². The zero-order chi connectivity index (χ0) is 17.1. The summed E-state index contributed by atoms with van der Waals surface area (Å²) in [5, 5.41) is 41.2. The van der Waals surface area contributed by atoms with Crippen molar-refractivity contribution in [2.45, 2.75) is 30.7 Å². The Morgan fingerprint density at radius 1 is 0.957 bits per heavy atom. The minimum absolute atomic E-state index is 0.0847. The van der Waals surface area contributed by atoms with Gasteiger partial charge in [-0.05, 0) is 5.53 Å². The Morgan fingerprint density at radius 2 is 1.61 bits per heavy atom. The van der Waals surface area contributed by atoms with Crippen LogP contribution < -0.4 is 0 Å². The number of nitrogens with zero attached hydrogens (tertiary/aromatic N) is 3. The third-order valence-corrected chi connectivity index (χ3v) is 3.13. The van der Waals surface area contributed by atoms with E-state index in [1.807, 2.05) is 0 Å². The molecule has 0 aliphatic carbocycles. The molecule has 1 aliphatic rings. The summed E-state index contributed by atoms with van der Waals surface area (Å²) in [6.45, 7) is 1.01. The number of azide groups is 1. The Kier molecular flexibility index (Phi) is 10.0. The molecule has 1 rings (SSSR count). The van der Waals surface area contributed by atoms with Crippen LogP contribution in [0, 0.1) is 0 Å². The number of hydrogen-bond donors (Lipinski definition) is 4. The van der Waals surface area contributed by atoms with Crippen LogP contribution in [0.4, 0.5) is 0 Å². The van der Waals surface area contributed by atoms with Crippen molar-refractivity contribution in [3.63, 3.8) is 0 Å². The molecule has 0 amide bonds. The fraction of sp³-hybridized carbons (Fsp3) is 1.00. The molecule has 23 heavy (non-hydrogen) atoms. The van der Waals surface area contributed by atoms with E-state index >= 15 is 0 Å². The Bertz CT molecular complexity index is 366. The van der Waals surface area contributed by atoms with Crippen molar-refractivity contribution < 1.29 is 39.4 Å². The molecule has 0 unspecified atom stereocenters. The van der Waals surface area contributed by atoms with Gasteiger partial charge in [0.15, 0.2) is 6.29 Å². The van der Waals surface area contributed by atoms with E-state index in [4.69, 9.17) is 29.6 Å². The van der Waals surface area contributed by atoms with Crippen LogP contribution in [0.5, 0.6) is 0 Å². The van der Waals surface area contributed by atoms with Gasteiger partial charge in [-0.15, -0.1) is 0 Å². The molecule has 0 aromatic rings. The standard InChI is InChI=1S/C12H23N3O8/c13-15-14-1-2-20-3-4-21-5-6-22-12-11(19)10(18)9(17)8(7-16)23-12/h8-12,16-19H,1-7H2/t8-,9-,10-,11+,12+/m0/s1. The molecule has 0 bridgehead atoms. The molecule has 11 heteroatoms. The van der Waals surface area contributed by atoms with Gasteiger partial charge < -0.3 is 39.4 Å². The van der Waals surface area contributed by atoms with Gasteiger partial charge in [0, 0.05) is 11.5 Å². The summed E-state index contributed by atoms with van der Waals surface area (Å²) < 4.78 is 20.7. The van der Waals surface area contributed by atoms with Crippen LogP contribution in [-0.4, -0.2) is 97.3 Å². The first-order chi connectivity index (χ1) is 11.1. The van der Waals surface area contributed by atoms with Crippen LogP contribution in [-0.2, 0) is 18.9 Å². The summed E-state index contributed by atoms with van der Waals surface area (Å²) >= 11 is 0. The third kappa shape index (κ3) is 6.96. The van der Waals surface area contributed by atoms with Crippen molar-refractivity contribution in [1.29, 1.82) is 0 Å². The van der Waals surface area contributed by atoms with Crippen LogP contribution in [0.25, 0.3) is 10.4 Å². The van der Waals surface area contributed by atoms with Gasteiger partial charge in [-0.25, -0.2) is 0 Å². The van der Waals surface area contributed by atoms with Crippen LogP contribution >= 0.6 is 0 Å². The lowest BCUT2D eigenvalue weighted by Gasteiger charge is -2.39. The fourth-order valence-electron chi connectivity index (χ4n) is 1.90. The second kappa shape index (κ2) is 11.5. The molecule has 1 saturated heterocycles. The second-order valence-electron chi connectivity index (χ2n) is 4.75. The van der Waals surface area contributed by atoms with Gasteiger partial charge in [0.1, 0.15) is 24.4 Å². The highest BCUT2D eigenvalue weighted by molar-refractivity contribution is 4.88. The van der Waals surface area contributed by atoms with Crippen molar-refractivity contribution in [2.24, 2.45) is 5.11 Å². The number of aliphatic hydroxyl groups excluding tert-OH is 4. The normalized spacial score (nSPS) is 30.9.